The third-order valence-corrected chi connectivity index (χ3v) is 3.59. The first-order valence-corrected chi connectivity index (χ1v) is 7.05. The number of benzene rings is 1. The maximum atomic E-state index is 5.39. The number of pyridine rings is 1. The molecule has 0 atom stereocenters. The number of fused-ring (bicyclic) bond motifs is 1. The predicted octanol–water partition coefficient (Wildman–Crippen LogP) is 2.76. The summed E-state index contributed by atoms with van der Waals surface area (Å²) in [6, 6.07) is 11.3. The minimum atomic E-state index is 0.415. The lowest BCUT2D eigenvalue weighted by molar-refractivity contribution is 0.405. The van der Waals surface area contributed by atoms with E-state index >= 15 is 0 Å². The standard InChI is InChI=1S/C16H13N5O2/c1-10-18-19-14-8-7-11(9-21(10)14)15-17-16(23-20-15)12-5-3-4-6-13(12)22-2/h3-9H,1-2H3. The van der Waals surface area contributed by atoms with Gasteiger partial charge in [-0.2, -0.15) is 4.98 Å². The van der Waals surface area contributed by atoms with Gasteiger partial charge in [0.25, 0.3) is 5.89 Å². The number of aryl methyl sites for hydroxylation is 1. The molecule has 0 unspecified atom stereocenters. The summed E-state index contributed by atoms with van der Waals surface area (Å²) >= 11 is 0. The van der Waals surface area contributed by atoms with Crippen LogP contribution < -0.4 is 4.74 Å². The van der Waals surface area contributed by atoms with Crippen LogP contribution in [-0.2, 0) is 0 Å². The molecule has 4 aromatic rings. The van der Waals surface area contributed by atoms with Crippen molar-refractivity contribution in [2.45, 2.75) is 6.92 Å². The van der Waals surface area contributed by atoms with Crippen LogP contribution in [0, 0.1) is 6.92 Å². The molecule has 0 aliphatic rings. The number of rotatable bonds is 3. The molecule has 0 fully saturated rings. The molecule has 0 aliphatic heterocycles. The maximum Gasteiger partial charge on any atom is 0.262 e. The highest BCUT2D eigenvalue weighted by Gasteiger charge is 2.15. The summed E-state index contributed by atoms with van der Waals surface area (Å²) in [5, 5.41) is 12.2. The molecule has 0 bridgehead atoms. The minimum absolute atomic E-state index is 0.415. The van der Waals surface area contributed by atoms with Crippen LogP contribution in [0.1, 0.15) is 5.82 Å². The topological polar surface area (TPSA) is 78.3 Å². The number of hydrogen-bond acceptors (Lipinski definition) is 6. The molecule has 4 rings (SSSR count). The Morgan fingerprint density at radius 2 is 1.96 bits per heavy atom. The zero-order chi connectivity index (χ0) is 15.8. The van der Waals surface area contributed by atoms with Gasteiger partial charge < -0.3 is 9.26 Å². The van der Waals surface area contributed by atoms with Crippen LogP contribution in [0.3, 0.4) is 0 Å². The van der Waals surface area contributed by atoms with Crippen LogP contribution in [0.5, 0.6) is 5.75 Å². The summed E-state index contributed by atoms with van der Waals surface area (Å²) in [5.41, 5.74) is 2.36. The first kappa shape index (κ1) is 13.4. The Kier molecular flexibility index (Phi) is 3.04. The second kappa shape index (κ2) is 5.20. The lowest BCUT2D eigenvalue weighted by Crippen LogP contribution is -1.90. The van der Waals surface area contributed by atoms with E-state index in [2.05, 4.69) is 20.3 Å². The fraction of sp³-hybridized carbons (Fsp3) is 0.125. The van der Waals surface area contributed by atoms with Crippen LogP contribution in [0.15, 0.2) is 47.1 Å². The molecule has 0 radical (unpaired) electrons. The van der Waals surface area contributed by atoms with E-state index in [0.717, 1.165) is 22.6 Å². The lowest BCUT2D eigenvalue weighted by Gasteiger charge is -2.02. The molecule has 0 aliphatic carbocycles. The Morgan fingerprint density at radius 1 is 1.09 bits per heavy atom. The molecule has 3 aromatic heterocycles. The van der Waals surface area contributed by atoms with Crippen LogP contribution in [-0.4, -0.2) is 31.8 Å². The summed E-state index contributed by atoms with van der Waals surface area (Å²) in [4.78, 5) is 4.47. The van der Waals surface area contributed by atoms with Crippen LogP contribution in [0.4, 0.5) is 0 Å². The average Bonchev–Trinajstić information content (AvgIpc) is 3.22. The van der Waals surface area contributed by atoms with Gasteiger partial charge in [-0.05, 0) is 31.2 Å². The summed E-state index contributed by atoms with van der Waals surface area (Å²) in [7, 11) is 1.61. The summed E-state index contributed by atoms with van der Waals surface area (Å²) in [5.74, 6) is 2.40. The van der Waals surface area contributed by atoms with Crippen LogP contribution in [0.25, 0.3) is 28.5 Å². The molecule has 1 aromatic carbocycles. The molecule has 0 amide bonds. The highest BCUT2D eigenvalue weighted by Crippen LogP contribution is 2.29. The van der Waals surface area contributed by atoms with Crippen molar-refractivity contribution in [3.63, 3.8) is 0 Å². The van der Waals surface area contributed by atoms with Crippen molar-refractivity contribution in [1.29, 1.82) is 0 Å². The smallest absolute Gasteiger partial charge is 0.262 e. The molecule has 0 N–H and O–H groups in total. The minimum Gasteiger partial charge on any atom is -0.496 e. The lowest BCUT2D eigenvalue weighted by atomic mass is 10.2. The molecule has 0 saturated carbocycles. The fourth-order valence-corrected chi connectivity index (χ4v) is 2.41. The van der Waals surface area contributed by atoms with Crippen molar-refractivity contribution in [2.24, 2.45) is 0 Å². The van der Waals surface area contributed by atoms with E-state index in [0.29, 0.717) is 17.5 Å². The van der Waals surface area contributed by atoms with E-state index in [1.165, 1.54) is 0 Å². The molecule has 23 heavy (non-hydrogen) atoms. The average molecular weight is 307 g/mol. The van der Waals surface area contributed by atoms with Gasteiger partial charge in [0, 0.05) is 11.8 Å². The van der Waals surface area contributed by atoms with Gasteiger partial charge in [0.1, 0.15) is 11.6 Å². The van der Waals surface area contributed by atoms with Gasteiger partial charge in [0.05, 0.1) is 12.7 Å². The Hall–Kier alpha value is -3.22. The molecular formula is C16H13N5O2. The first-order valence-electron chi connectivity index (χ1n) is 7.05. The zero-order valence-corrected chi connectivity index (χ0v) is 12.6. The summed E-state index contributed by atoms with van der Waals surface area (Å²) in [6.45, 7) is 1.89. The van der Waals surface area contributed by atoms with Gasteiger partial charge in [-0.3, -0.25) is 4.40 Å². The maximum absolute atomic E-state index is 5.39. The normalized spacial score (nSPS) is 11.0. The van der Waals surface area contributed by atoms with E-state index < -0.39 is 0 Å². The Morgan fingerprint density at radius 3 is 2.83 bits per heavy atom. The van der Waals surface area contributed by atoms with E-state index in [4.69, 9.17) is 9.26 Å². The monoisotopic (exact) mass is 307 g/mol. The largest absolute Gasteiger partial charge is 0.496 e. The van der Waals surface area contributed by atoms with Crippen molar-refractivity contribution in [2.75, 3.05) is 7.11 Å². The SMILES string of the molecule is COc1ccccc1-c1nc(-c2ccc3nnc(C)n3c2)no1. The molecule has 0 saturated heterocycles. The summed E-state index contributed by atoms with van der Waals surface area (Å²) < 4.78 is 12.6. The Balaban J connectivity index is 1.78. The first-order chi connectivity index (χ1) is 11.3. The van der Waals surface area contributed by atoms with E-state index in [1.54, 1.807) is 7.11 Å². The molecule has 7 heteroatoms. The number of methoxy groups -OCH3 is 1. The number of aromatic nitrogens is 5. The second-order valence-corrected chi connectivity index (χ2v) is 5.02. The third kappa shape index (κ3) is 2.22. The zero-order valence-electron chi connectivity index (χ0n) is 12.6. The van der Waals surface area contributed by atoms with E-state index in [9.17, 15) is 0 Å². The molecule has 0 spiro atoms. The van der Waals surface area contributed by atoms with Crippen molar-refractivity contribution in [1.82, 2.24) is 24.7 Å². The van der Waals surface area contributed by atoms with E-state index in [-0.39, 0.29) is 0 Å². The van der Waals surface area contributed by atoms with Gasteiger partial charge >= 0.3 is 0 Å². The quantitative estimate of drug-likeness (QED) is 0.579. The highest BCUT2D eigenvalue weighted by atomic mass is 16.5. The van der Waals surface area contributed by atoms with Gasteiger partial charge in [0.15, 0.2) is 5.65 Å². The van der Waals surface area contributed by atoms with Crippen molar-refractivity contribution >= 4 is 5.65 Å². The van der Waals surface area contributed by atoms with Gasteiger partial charge in [-0.25, -0.2) is 0 Å². The van der Waals surface area contributed by atoms with Crippen molar-refractivity contribution < 1.29 is 9.26 Å². The number of hydrogen-bond donors (Lipinski definition) is 0. The van der Waals surface area contributed by atoms with Crippen molar-refractivity contribution in [3.05, 3.63) is 48.4 Å². The van der Waals surface area contributed by atoms with Gasteiger partial charge in [-0.1, -0.05) is 17.3 Å². The third-order valence-electron chi connectivity index (χ3n) is 3.59. The number of nitrogens with zero attached hydrogens (tertiary/aromatic N) is 5. The molecular weight excluding hydrogens is 294 g/mol. The Bertz CT molecular complexity index is 989. The number of ether oxygens (including phenoxy) is 1. The van der Waals surface area contributed by atoms with Gasteiger partial charge in [-0.15, -0.1) is 10.2 Å². The van der Waals surface area contributed by atoms with Gasteiger partial charge in [0.2, 0.25) is 5.82 Å². The Labute approximate surface area is 131 Å². The van der Waals surface area contributed by atoms with Crippen LogP contribution in [0.2, 0.25) is 0 Å². The van der Waals surface area contributed by atoms with Crippen LogP contribution >= 0.6 is 0 Å². The molecule has 114 valence electrons. The summed E-state index contributed by atoms with van der Waals surface area (Å²) in [6.07, 6.45) is 1.89. The highest BCUT2D eigenvalue weighted by molar-refractivity contribution is 5.65. The fourth-order valence-electron chi connectivity index (χ4n) is 2.41. The molecule has 3 heterocycles. The number of para-hydroxylation sites is 1. The predicted molar refractivity (Wildman–Crippen MR) is 83.0 cm³/mol. The second-order valence-electron chi connectivity index (χ2n) is 5.02. The van der Waals surface area contributed by atoms with E-state index in [1.807, 2.05) is 53.9 Å². The molecule has 7 nitrogen and oxygen atoms in total. The van der Waals surface area contributed by atoms with Crippen molar-refractivity contribution in [3.8, 4) is 28.6 Å².